The van der Waals surface area contributed by atoms with Gasteiger partial charge >= 0.3 is 0 Å². The van der Waals surface area contributed by atoms with Gasteiger partial charge in [0.15, 0.2) is 0 Å². The van der Waals surface area contributed by atoms with Crippen LogP contribution in [0.25, 0.3) is 0 Å². The molecule has 2 heterocycles. The molecule has 5 heteroatoms. The maximum atomic E-state index is 5.71. The number of thiazole rings is 1. The minimum atomic E-state index is 0.468. The Hall–Kier alpha value is -1.46. The van der Waals surface area contributed by atoms with Crippen molar-refractivity contribution in [1.29, 1.82) is 0 Å². The lowest BCUT2D eigenvalue weighted by atomic mass is 10.3. The number of hydrogen-bond acceptors (Lipinski definition) is 5. The van der Waals surface area contributed by atoms with Crippen LogP contribution in [0.4, 0.5) is 0 Å². The molecule has 0 unspecified atom stereocenters. The summed E-state index contributed by atoms with van der Waals surface area (Å²) in [5.41, 5.74) is 4.01. The van der Waals surface area contributed by atoms with Gasteiger partial charge in [0.1, 0.15) is 5.75 Å². The first-order valence-corrected chi connectivity index (χ1v) is 7.73. The molecule has 1 N–H and O–H groups in total. The fourth-order valence-corrected chi connectivity index (χ4v) is 2.50. The molecule has 0 amide bonds. The monoisotopic (exact) mass is 291 g/mol. The average molecular weight is 291 g/mol. The summed E-state index contributed by atoms with van der Waals surface area (Å²) in [6.45, 7) is 7.73. The van der Waals surface area contributed by atoms with Crippen molar-refractivity contribution in [3.05, 3.63) is 40.1 Å². The van der Waals surface area contributed by atoms with Gasteiger partial charge in [0.2, 0.25) is 0 Å². The van der Waals surface area contributed by atoms with Gasteiger partial charge in [-0.05, 0) is 19.1 Å². The van der Waals surface area contributed by atoms with Crippen molar-refractivity contribution in [2.75, 3.05) is 6.61 Å². The molecule has 0 fully saturated rings. The van der Waals surface area contributed by atoms with Crippen LogP contribution in [-0.2, 0) is 13.0 Å². The van der Waals surface area contributed by atoms with Gasteiger partial charge in [-0.3, -0.25) is 4.98 Å². The summed E-state index contributed by atoms with van der Waals surface area (Å²) in [7, 11) is 0. The van der Waals surface area contributed by atoms with Crippen molar-refractivity contribution in [3.63, 3.8) is 0 Å². The second-order valence-electron chi connectivity index (χ2n) is 4.98. The van der Waals surface area contributed by atoms with E-state index >= 15 is 0 Å². The molecule has 2 aromatic rings. The Morgan fingerprint density at radius 2 is 2.15 bits per heavy atom. The third-order valence-corrected chi connectivity index (χ3v) is 3.93. The molecule has 108 valence electrons. The molecular formula is C15H21N3OS. The van der Waals surface area contributed by atoms with Gasteiger partial charge in [0.25, 0.3) is 0 Å². The number of aryl methyl sites for hydroxylation is 1. The first-order chi connectivity index (χ1) is 9.65. The highest BCUT2D eigenvalue weighted by Gasteiger charge is 2.02. The van der Waals surface area contributed by atoms with Crippen LogP contribution in [0.1, 0.15) is 30.1 Å². The summed E-state index contributed by atoms with van der Waals surface area (Å²) >= 11 is 1.68. The summed E-state index contributed by atoms with van der Waals surface area (Å²) in [4.78, 5) is 9.91. The van der Waals surface area contributed by atoms with E-state index in [0.29, 0.717) is 12.6 Å². The molecule has 0 aliphatic carbocycles. The van der Waals surface area contributed by atoms with Gasteiger partial charge in [-0.1, -0.05) is 13.8 Å². The van der Waals surface area contributed by atoms with Crippen LogP contribution in [0.2, 0.25) is 0 Å². The zero-order chi connectivity index (χ0) is 14.4. The van der Waals surface area contributed by atoms with Crippen LogP contribution in [0, 0.1) is 6.92 Å². The number of rotatable bonds is 7. The van der Waals surface area contributed by atoms with E-state index in [1.54, 1.807) is 17.5 Å². The highest BCUT2D eigenvalue weighted by molar-refractivity contribution is 7.09. The van der Waals surface area contributed by atoms with Gasteiger partial charge in [-0.2, -0.15) is 0 Å². The Labute approximate surface area is 124 Å². The topological polar surface area (TPSA) is 47.0 Å². The predicted molar refractivity (Wildman–Crippen MR) is 82.3 cm³/mol. The summed E-state index contributed by atoms with van der Waals surface area (Å²) in [6, 6.07) is 4.45. The van der Waals surface area contributed by atoms with Crippen LogP contribution in [-0.4, -0.2) is 22.6 Å². The highest BCUT2D eigenvalue weighted by Crippen LogP contribution is 2.14. The summed E-state index contributed by atoms with van der Waals surface area (Å²) in [5.74, 6) is 0.820. The van der Waals surface area contributed by atoms with Crippen LogP contribution < -0.4 is 10.1 Å². The lowest BCUT2D eigenvalue weighted by Crippen LogP contribution is -2.22. The summed E-state index contributed by atoms with van der Waals surface area (Å²) in [5, 5.41) is 3.34. The van der Waals surface area contributed by atoms with Crippen molar-refractivity contribution in [3.8, 4) is 5.75 Å². The van der Waals surface area contributed by atoms with Crippen LogP contribution in [0.15, 0.2) is 23.8 Å². The first-order valence-electron chi connectivity index (χ1n) is 6.85. The molecule has 0 saturated heterocycles. The zero-order valence-corrected chi connectivity index (χ0v) is 13.0. The zero-order valence-electron chi connectivity index (χ0n) is 12.2. The van der Waals surface area contributed by atoms with E-state index in [4.69, 9.17) is 4.74 Å². The Morgan fingerprint density at radius 1 is 1.30 bits per heavy atom. The first kappa shape index (κ1) is 14.9. The molecule has 0 saturated carbocycles. The van der Waals surface area contributed by atoms with E-state index in [2.05, 4.69) is 29.1 Å². The van der Waals surface area contributed by atoms with E-state index in [1.165, 1.54) is 4.88 Å². The van der Waals surface area contributed by atoms with Crippen LogP contribution in [0.5, 0.6) is 5.75 Å². The minimum absolute atomic E-state index is 0.468. The number of hydrogen-bond donors (Lipinski definition) is 1. The third kappa shape index (κ3) is 4.58. The highest BCUT2D eigenvalue weighted by atomic mass is 32.1. The second-order valence-corrected chi connectivity index (χ2v) is 5.92. The molecule has 0 spiro atoms. The number of nitrogens with zero attached hydrogens (tertiary/aromatic N) is 2. The van der Waals surface area contributed by atoms with Crippen molar-refractivity contribution in [2.45, 2.75) is 39.8 Å². The van der Waals surface area contributed by atoms with Crippen molar-refractivity contribution in [1.82, 2.24) is 15.3 Å². The van der Waals surface area contributed by atoms with Gasteiger partial charge < -0.3 is 10.1 Å². The van der Waals surface area contributed by atoms with Crippen LogP contribution >= 0.6 is 11.3 Å². The van der Waals surface area contributed by atoms with Gasteiger partial charge in [-0.25, -0.2) is 4.98 Å². The molecule has 20 heavy (non-hydrogen) atoms. The van der Waals surface area contributed by atoms with E-state index in [1.807, 2.05) is 24.6 Å². The Balaban J connectivity index is 1.77. The third-order valence-electron chi connectivity index (χ3n) is 2.93. The molecule has 2 rings (SSSR count). The molecule has 0 aromatic carbocycles. The Morgan fingerprint density at radius 3 is 2.75 bits per heavy atom. The second kappa shape index (κ2) is 7.36. The Kier molecular flexibility index (Phi) is 5.49. The molecule has 2 aromatic heterocycles. The standard InChI is InChI=1S/C15H21N3OS/c1-11(2)16-8-13-4-5-14(9-17-13)19-7-6-15-12(3)18-10-20-15/h4-5,9-11,16H,6-8H2,1-3H3. The van der Waals surface area contributed by atoms with Crippen molar-refractivity contribution < 1.29 is 4.74 Å². The number of pyridine rings is 1. The quantitative estimate of drug-likeness (QED) is 0.852. The molecular weight excluding hydrogens is 270 g/mol. The largest absolute Gasteiger partial charge is 0.492 e. The molecule has 0 aliphatic heterocycles. The fourth-order valence-electron chi connectivity index (χ4n) is 1.74. The van der Waals surface area contributed by atoms with Crippen LogP contribution in [0.3, 0.4) is 0 Å². The van der Waals surface area contributed by atoms with Crippen molar-refractivity contribution >= 4 is 11.3 Å². The van der Waals surface area contributed by atoms with E-state index in [-0.39, 0.29) is 0 Å². The van der Waals surface area contributed by atoms with E-state index in [0.717, 1.165) is 30.1 Å². The molecule has 0 atom stereocenters. The average Bonchev–Trinajstić information content (AvgIpc) is 2.83. The SMILES string of the molecule is Cc1ncsc1CCOc1ccc(CNC(C)C)nc1. The lowest BCUT2D eigenvalue weighted by molar-refractivity contribution is 0.321. The Bertz CT molecular complexity index is 522. The number of ether oxygens (including phenoxy) is 1. The molecule has 4 nitrogen and oxygen atoms in total. The molecule has 0 bridgehead atoms. The van der Waals surface area contributed by atoms with Gasteiger partial charge in [-0.15, -0.1) is 11.3 Å². The summed E-state index contributed by atoms with van der Waals surface area (Å²) in [6.07, 6.45) is 2.68. The lowest BCUT2D eigenvalue weighted by Gasteiger charge is -2.09. The minimum Gasteiger partial charge on any atom is -0.492 e. The maximum absolute atomic E-state index is 5.71. The van der Waals surface area contributed by atoms with Crippen molar-refractivity contribution in [2.24, 2.45) is 0 Å². The van der Waals surface area contributed by atoms with E-state index < -0.39 is 0 Å². The van der Waals surface area contributed by atoms with E-state index in [9.17, 15) is 0 Å². The predicted octanol–water partition coefficient (Wildman–Crippen LogP) is 2.97. The maximum Gasteiger partial charge on any atom is 0.137 e. The smallest absolute Gasteiger partial charge is 0.137 e. The molecule has 0 radical (unpaired) electrons. The number of nitrogens with one attached hydrogen (secondary N) is 1. The molecule has 0 aliphatic rings. The van der Waals surface area contributed by atoms with Gasteiger partial charge in [0.05, 0.1) is 29.7 Å². The van der Waals surface area contributed by atoms with Gasteiger partial charge in [0, 0.05) is 23.9 Å². The summed E-state index contributed by atoms with van der Waals surface area (Å²) < 4.78 is 5.71. The normalized spacial score (nSPS) is 11.0. The number of aromatic nitrogens is 2. The fraction of sp³-hybridized carbons (Fsp3) is 0.467.